The second-order valence-electron chi connectivity index (χ2n) is 8.81. The van der Waals surface area contributed by atoms with Crippen LogP contribution < -0.4 is 0 Å². The molecule has 4 aromatic rings. The van der Waals surface area contributed by atoms with Gasteiger partial charge in [-0.3, -0.25) is 9.88 Å². The Hall–Kier alpha value is -3.12. The van der Waals surface area contributed by atoms with Gasteiger partial charge in [0, 0.05) is 29.6 Å². The number of benzene rings is 2. The van der Waals surface area contributed by atoms with Crippen molar-refractivity contribution >= 4 is 10.9 Å². The molecule has 2 fully saturated rings. The first kappa shape index (κ1) is 18.6. The Kier molecular flexibility index (Phi) is 4.35. The largest absolute Gasteiger partial charge is 0.420 e. The van der Waals surface area contributed by atoms with Gasteiger partial charge in [-0.15, -0.1) is 10.2 Å². The standard InChI is InChI=1S/C25H23FN4O/c26-21-9-8-18(22-19(21)7-4-12-27-22)16-30-13-10-25(11-14-30)15-20(25)24-29-28-23(31-24)17-5-2-1-3-6-17/h1-9,12,20H,10-11,13-16H2. The zero-order valence-electron chi connectivity index (χ0n) is 17.2. The number of nitrogens with zero attached hydrogens (tertiary/aromatic N) is 4. The Bertz CT molecular complexity index is 1230. The van der Waals surface area contributed by atoms with E-state index >= 15 is 0 Å². The molecular formula is C25H23FN4O. The Morgan fingerprint density at radius 3 is 2.68 bits per heavy atom. The molecule has 2 aromatic heterocycles. The van der Waals surface area contributed by atoms with E-state index in [-0.39, 0.29) is 5.82 Å². The van der Waals surface area contributed by atoms with Crippen LogP contribution in [-0.2, 0) is 6.54 Å². The molecule has 31 heavy (non-hydrogen) atoms. The van der Waals surface area contributed by atoms with Crippen molar-refractivity contribution in [3.8, 4) is 11.5 Å². The number of hydrogen-bond donors (Lipinski definition) is 0. The van der Waals surface area contributed by atoms with Gasteiger partial charge in [0.15, 0.2) is 0 Å². The van der Waals surface area contributed by atoms with Gasteiger partial charge in [-0.05, 0) is 73.7 Å². The SMILES string of the molecule is Fc1ccc(CN2CCC3(CC2)CC3c2nnc(-c3ccccc3)o2)c2ncccc12. The van der Waals surface area contributed by atoms with Crippen molar-refractivity contribution in [2.75, 3.05) is 13.1 Å². The second-order valence-corrected chi connectivity index (χ2v) is 8.81. The summed E-state index contributed by atoms with van der Waals surface area (Å²) >= 11 is 0. The van der Waals surface area contributed by atoms with E-state index in [1.165, 1.54) is 0 Å². The van der Waals surface area contributed by atoms with Crippen molar-refractivity contribution in [1.82, 2.24) is 20.1 Å². The van der Waals surface area contributed by atoms with E-state index in [9.17, 15) is 4.39 Å². The summed E-state index contributed by atoms with van der Waals surface area (Å²) in [6.07, 6.45) is 5.10. The fraction of sp³-hybridized carbons (Fsp3) is 0.320. The maximum Gasteiger partial charge on any atom is 0.247 e. The number of fused-ring (bicyclic) bond motifs is 1. The van der Waals surface area contributed by atoms with Crippen LogP contribution in [0, 0.1) is 11.2 Å². The van der Waals surface area contributed by atoms with E-state index < -0.39 is 0 Å². The van der Waals surface area contributed by atoms with Gasteiger partial charge in [0.05, 0.1) is 5.52 Å². The number of pyridine rings is 1. The lowest BCUT2D eigenvalue weighted by Crippen LogP contribution is -2.34. The molecule has 2 aromatic carbocycles. The van der Waals surface area contributed by atoms with Gasteiger partial charge in [0.25, 0.3) is 0 Å². The van der Waals surface area contributed by atoms with E-state index in [0.717, 1.165) is 61.4 Å². The molecule has 1 unspecified atom stereocenters. The average molecular weight is 414 g/mol. The van der Waals surface area contributed by atoms with Crippen LogP contribution in [0.2, 0.25) is 0 Å². The minimum absolute atomic E-state index is 0.209. The third-order valence-electron chi connectivity index (χ3n) is 7.00. The maximum absolute atomic E-state index is 14.1. The number of piperidine rings is 1. The van der Waals surface area contributed by atoms with Crippen LogP contribution in [0.3, 0.4) is 0 Å². The first-order chi connectivity index (χ1) is 15.2. The summed E-state index contributed by atoms with van der Waals surface area (Å²) in [7, 11) is 0. The summed E-state index contributed by atoms with van der Waals surface area (Å²) in [5, 5.41) is 9.23. The Morgan fingerprint density at radius 2 is 1.84 bits per heavy atom. The topological polar surface area (TPSA) is 55.1 Å². The zero-order valence-corrected chi connectivity index (χ0v) is 17.2. The highest BCUT2D eigenvalue weighted by atomic mass is 19.1. The normalized spacial score (nSPS) is 20.4. The predicted molar refractivity (Wildman–Crippen MR) is 116 cm³/mol. The highest BCUT2D eigenvalue weighted by Gasteiger charge is 2.58. The summed E-state index contributed by atoms with van der Waals surface area (Å²) in [5.74, 6) is 1.54. The Morgan fingerprint density at radius 1 is 1.00 bits per heavy atom. The van der Waals surface area contributed by atoms with Crippen LogP contribution in [-0.4, -0.2) is 33.2 Å². The molecule has 1 aliphatic carbocycles. The van der Waals surface area contributed by atoms with Crippen LogP contribution in [0.5, 0.6) is 0 Å². The summed E-state index contributed by atoms with van der Waals surface area (Å²) in [5.41, 5.74) is 3.11. The van der Waals surface area contributed by atoms with Gasteiger partial charge in [0.2, 0.25) is 11.8 Å². The number of aromatic nitrogens is 3. The molecule has 6 heteroatoms. The van der Waals surface area contributed by atoms with Gasteiger partial charge < -0.3 is 4.42 Å². The van der Waals surface area contributed by atoms with Crippen molar-refractivity contribution in [2.24, 2.45) is 5.41 Å². The summed E-state index contributed by atoms with van der Waals surface area (Å²) in [6.45, 7) is 2.83. The number of halogens is 1. The van der Waals surface area contributed by atoms with Crippen LogP contribution in [0.4, 0.5) is 4.39 Å². The maximum atomic E-state index is 14.1. The van der Waals surface area contributed by atoms with E-state index in [4.69, 9.17) is 4.42 Å². The monoisotopic (exact) mass is 414 g/mol. The lowest BCUT2D eigenvalue weighted by atomic mass is 9.90. The van der Waals surface area contributed by atoms with E-state index in [2.05, 4.69) is 20.1 Å². The lowest BCUT2D eigenvalue weighted by molar-refractivity contribution is 0.160. The summed E-state index contributed by atoms with van der Waals surface area (Å²) in [6, 6.07) is 16.9. The first-order valence-corrected chi connectivity index (χ1v) is 10.9. The fourth-order valence-electron chi connectivity index (χ4n) is 5.04. The molecule has 1 saturated carbocycles. The first-order valence-electron chi connectivity index (χ1n) is 10.9. The van der Waals surface area contributed by atoms with Crippen LogP contribution in [0.15, 0.2) is 65.2 Å². The molecule has 2 aliphatic rings. The molecule has 5 nitrogen and oxygen atoms in total. The molecule has 6 rings (SSSR count). The molecule has 156 valence electrons. The quantitative estimate of drug-likeness (QED) is 0.460. The number of rotatable bonds is 4. The van der Waals surface area contributed by atoms with Gasteiger partial charge in [-0.1, -0.05) is 24.3 Å². The van der Waals surface area contributed by atoms with Gasteiger partial charge in [-0.25, -0.2) is 4.39 Å². The molecule has 0 N–H and O–H groups in total. The summed E-state index contributed by atoms with van der Waals surface area (Å²) < 4.78 is 20.1. The molecule has 3 heterocycles. The van der Waals surface area contributed by atoms with Crippen LogP contribution in [0.25, 0.3) is 22.4 Å². The predicted octanol–water partition coefficient (Wildman–Crippen LogP) is 5.19. The van der Waals surface area contributed by atoms with Crippen LogP contribution >= 0.6 is 0 Å². The fourth-order valence-corrected chi connectivity index (χ4v) is 5.04. The molecule has 1 aliphatic heterocycles. The van der Waals surface area contributed by atoms with Gasteiger partial charge in [0.1, 0.15) is 5.82 Å². The van der Waals surface area contributed by atoms with Crippen molar-refractivity contribution in [1.29, 1.82) is 0 Å². The Balaban J connectivity index is 1.13. The number of likely N-dealkylation sites (tertiary alicyclic amines) is 1. The van der Waals surface area contributed by atoms with Crippen molar-refractivity contribution in [2.45, 2.75) is 31.7 Å². The minimum atomic E-state index is -0.209. The molecule has 1 saturated heterocycles. The third kappa shape index (κ3) is 3.31. The second kappa shape index (κ2) is 7.24. The van der Waals surface area contributed by atoms with E-state index in [0.29, 0.717) is 22.6 Å². The molecule has 0 radical (unpaired) electrons. The van der Waals surface area contributed by atoms with Crippen LogP contribution in [0.1, 0.15) is 36.6 Å². The smallest absolute Gasteiger partial charge is 0.247 e. The van der Waals surface area contributed by atoms with Crippen molar-refractivity contribution < 1.29 is 8.81 Å². The molecular weight excluding hydrogens is 391 g/mol. The lowest BCUT2D eigenvalue weighted by Gasteiger charge is -2.32. The highest BCUT2D eigenvalue weighted by molar-refractivity contribution is 5.82. The molecule has 1 atom stereocenters. The zero-order chi connectivity index (χ0) is 20.8. The van der Waals surface area contributed by atoms with E-state index in [1.54, 1.807) is 24.4 Å². The van der Waals surface area contributed by atoms with Gasteiger partial charge >= 0.3 is 0 Å². The average Bonchev–Trinajstić information content (AvgIpc) is 3.28. The molecule has 1 spiro atoms. The van der Waals surface area contributed by atoms with E-state index in [1.807, 2.05) is 36.4 Å². The number of hydrogen-bond acceptors (Lipinski definition) is 5. The Labute approximate surface area is 179 Å². The third-order valence-corrected chi connectivity index (χ3v) is 7.00. The van der Waals surface area contributed by atoms with Crippen molar-refractivity contribution in [3.05, 3.63) is 78.1 Å². The minimum Gasteiger partial charge on any atom is -0.420 e. The molecule has 0 amide bonds. The van der Waals surface area contributed by atoms with Crippen molar-refractivity contribution in [3.63, 3.8) is 0 Å². The van der Waals surface area contributed by atoms with Gasteiger partial charge in [-0.2, -0.15) is 0 Å². The summed E-state index contributed by atoms with van der Waals surface area (Å²) in [4.78, 5) is 6.88. The highest BCUT2D eigenvalue weighted by Crippen LogP contribution is 2.64. The molecule has 0 bridgehead atoms.